The third-order valence-electron chi connectivity index (χ3n) is 5.17. The zero-order valence-electron chi connectivity index (χ0n) is 16.6. The van der Waals surface area contributed by atoms with Crippen LogP contribution in [0.15, 0.2) is 18.2 Å². The van der Waals surface area contributed by atoms with Gasteiger partial charge in [0.05, 0.1) is 5.69 Å². The molecule has 2 N–H and O–H groups in total. The number of hydrogen-bond acceptors (Lipinski definition) is 3. The van der Waals surface area contributed by atoms with E-state index >= 15 is 0 Å². The minimum absolute atomic E-state index is 0.0747. The molecule has 1 aromatic carbocycles. The first-order valence-corrected chi connectivity index (χ1v) is 9.69. The summed E-state index contributed by atoms with van der Waals surface area (Å²) in [5, 5.41) is 5.94. The number of carbonyl (C=O) groups is 2. The summed E-state index contributed by atoms with van der Waals surface area (Å²) >= 11 is 0. The predicted molar refractivity (Wildman–Crippen MR) is 106 cm³/mol. The molecule has 0 saturated carbocycles. The molecule has 1 unspecified atom stereocenters. The van der Waals surface area contributed by atoms with E-state index in [-0.39, 0.29) is 17.9 Å². The summed E-state index contributed by atoms with van der Waals surface area (Å²) in [5.41, 5.74) is 4.11. The smallest absolute Gasteiger partial charge is 0.291 e. The third-order valence-corrected chi connectivity index (χ3v) is 5.17. The Morgan fingerprint density at radius 2 is 2.00 bits per heavy atom. The molecule has 0 aliphatic carbocycles. The van der Waals surface area contributed by atoms with Crippen LogP contribution in [0.1, 0.15) is 71.0 Å². The summed E-state index contributed by atoms with van der Waals surface area (Å²) in [6.07, 6.45) is 3.61. The van der Waals surface area contributed by atoms with Crippen LogP contribution in [0.2, 0.25) is 0 Å². The standard InChI is InChI=1S/C21H28N4O2/c1-5-15(4)22-20(26)18-17-8-6-7-11-25(17)19(24-18)21(27)23-16-12-13(2)9-10-14(16)3/h9-10,12,15H,5-8,11H2,1-4H3,(H,22,26)(H,23,27). The van der Waals surface area contributed by atoms with Crippen LogP contribution in [0.25, 0.3) is 0 Å². The van der Waals surface area contributed by atoms with E-state index in [1.54, 1.807) is 0 Å². The number of nitrogens with zero attached hydrogens (tertiary/aromatic N) is 2. The highest BCUT2D eigenvalue weighted by Crippen LogP contribution is 2.23. The van der Waals surface area contributed by atoms with E-state index in [1.165, 1.54) is 0 Å². The van der Waals surface area contributed by atoms with Crippen LogP contribution >= 0.6 is 0 Å². The van der Waals surface area contributed by atoms with E-state index in [0.29, 0.717) is 18.1 Å². The zero-order valence-corrected chi connectivity index (χ0v) is 16.6. The molecular weight excluding hydrogens is 340 g/mol. The van der Waals surface area contributed by atoms with Crippen LogP contribution in [0.5, 0.6) is 0 Å². The summed E-state index contributed by atoms with van der Waals surface area (Å²) < 4.78 is 1.91. The molecule has 27 heavy (non-hydrogen) atoms. The molecule has 6 nitrogen and oxygen atoms in total. The second-order valence-electron chi connectivity index (χ2n) is 7.39. The number of nitrogens with one attached hydrogen (secondary N) is 2. The van der Waals surface area contributed by atoms with Gasteiger partial charge in [-0.05, 0) is 63.6 Å². The molecule has 2 amide bonds. The maximum absolute atomic E-state index is 12.9. The van der Waals surface area contributed by atoms with Crippen molar-refractivity contribution in [2.24, 2.45) is 0 Å². The number of imidazole rings is 1. The molecular formula is C21H28N4O2. The van der Waals surface area contributed by atoms with Crippen LogP contribution in [-0.4, -0.2) is 27.4 Å². The highest BCUT2D eigenvalue weighted by Gasteiger charge is 2.28. The normalized spacial score (nSPS) is 14.4. The number of fused-ring (bicyclic) bond motifs is 1. The van der Waals surface area contributed by atoms with Crippen molar-refractivity contribution in [3.05, 3.63) is 46.5 Å². The van der Waals surface area contributed by atoms with Crippen molar-refractivity contribution in [1.82, 2.24) is 14.9 Å². The molecule has 1 atom stereocenters. The molecule has 6 heteroatoms. The lowest BCUT2D eigenvalue weighted by Crippen LogP contribution is -2.33. The van der Waals surface area contributed by atoms with Gasteiger partial charge in [-0.15, -0.1) is 0 Å². The number of benzene rings is 1. The van der Waals surface area contributed by atoms with Gasteiger partial charge in [-0.3, -0.25) is 9.59 Å². The topological polar surface area (TPSA) is 76.0 Å². The monoisotopic (exact) mass is 368 g/mol. The maximum atomic E-state index is 12.9. The summed E-state index contributed by atoms with van der Waals surface area (Å²) in [7, 11) is 0. The van der Waals surface area contributed by atoms with E-state index in [2.05, 4.69) is 15.6 Å². The van der Waals surface area contributed by atoms with Gasteiger partial charge < -0.3 is 15.2 Å². The van der Waals surface area contributed by atoms with Crippen molar-refractivity contribution in [3.8, 4) is 0 Å². The second kappa shape index (κ2) is 7.94. The maximum Gasteiger partial charge on any atom is 0.291 e. The van der Waals surface area contributed by atoms with Gasteiger partial charge in [-0.1, -0.05) is 19.1 Å². The van der Waals surface area contributed by atoms with Gasteiger partial charge in [0.1, 0.15) is 5.69 Å². The van der Waals surface area contributed by atoms with Crippen LogP contribution in [0.4, 0.5) is 5.69 Å². The molecule has 144 valence electrons. The minimum Gasteiger partial charge on any atom is -0.348 e. The van der Waals surface area contributed by atoms with E-state index in [0.717, 1.165) is 48.2 Å². The summed E-state index contributed by atoms with van der Waals surface area (Å²) in [6.45, 7) is 8.66. The quantitative estimate of drug-likeness (QED) is 0.846. The zero-order chi connectivity index (χ0) is 19.6. The lowest BCUT2D eigenvalue weighted by Gasteiger charge is -2.18. The van der Waals surface area contributed by atoms with Crippen molar-refractivity contribution in [3.63, 3.8) is 0 Å². The number of carbonyl (C=O) groups excluding carboxylic acids is 2. The summed E-state index contributed by atoms with van der Waals surface area (Å²) in [5.74, 6) is -0.143. The number of amides is 2. The number of aromatic nitrogens is 2. The minimum atomic E-state index is -0.269. The first-order valence-electron chi connectivity index (χ1n) is 9.69. The fraction of sp³-hybridized carbons (Fsp3) is 0.476. The van der Waals surface area contributed by atoms with Gasteiger partial charge in [0.2, 0.25) is 0 Å². The molecule has 0 saturated heterocycles. The van der Waals surface area contributed by atoms with Crippen LogP contribution in [0, 0.1) is 13.8 Å². The molecule has 1 aliphatic heterocycles. The molecule has 1 aromatic heterocycles. The lowest BCUT2D eigenvalue weighted by atomic mass is 10.1. The van der Waals surface area contributed by atoms with E-state index in [1.807, 2.05) is 50.5 Å². The Balaban J connectivity index is 1.92. The Labute approximate surface area is 160 Å². The van der Waals surface area contributed by atoms with Gasteiger partial charge in [0, 0.05) is 18.3 Å². The number of rotatable bonds is 5. The predicted octanol–water partition coefficient (Wildman–Crippen LogP) is 3.62. The number of anilines is 1. The SMILES string of the molecule is CCC(C)NC(=O)c1nc(C(=O)Nc2cc(C)ccc2C)n2c1CCCC2. The molecule has 0 radical (unpaired) electrons. The number of aryl methyl sites for hydroxylation is 2. The van der Waals surface area contributed by atoms with Gasteiger partial charge in [-0.25, -0.2) is 4.98 Å². The summed E-state index contributed by atoms with van der Waals surface area (Å²) in [6, 6.07) is 6.02. The molecule has 0 spiro atoms. The molecule has 2 heterocycles. The Kier molecular flexibility index (Phi) is 5.63. The summed E-state index contributed by atoms with van der Waals surface area (Å²) in [4.78, 5) is 30.1. The van der Waals surface area contributed by atoms with Crippen molar-refractivity contribution in [2.45, 2.75) is 66.0 Å². The Hall–Kier alpha value is -2.63. The largest absolute Gasteiger partial charge is 0.348 e. The van der Waals surface area contributed by atoms with E-state index < -0.39 is 0 Å². The van der Waals surface area contributed by atoms with Gasteiger partial charge in [-0.2, -0.15) is 0 Å². The van der Waals surface area contributed by atoms with E-state index in [4.69, 9.17) is 0 Å². The Bertz CT molecular complexity index is 869. The first kappa shape index (κ1) is 19.1. The van der Waals surface area contributed by atoms with Crippen LogP contribution in [-0.2, 0) is 13.0 Å². The van der Waals surface area contributed by atoms with Crippen molar-refractivity contribution >= 4 is 17.5 Å². The van der Waals surface area contributed by atoms with Crippen molar-refractivity contribution in [1.29, 1.82) is 0 Å². The molecule has 3 rings (SSSR count). The average Bonchev–Trinajstić information content (AvgIpc) is 3.04. The first-order chi connectivity index (χ1) is 12.9. The third kappa shape index (κ3) is 4.04. The Morgan fingerprint density at radius 1 is 1.22 bits per heavy atom. The number of hydrogen-bond donors (Lipinski definition) is 2. The van der Waals surface area contributed by atoms with Crippen molar-refractivity contribution in [2.75, 3.05) is 5.32 Å². The van der Waals surface area contributed by atoms with Gasteiger partial charge in [0.15, 0.2) is 5.82 Å². The molecule has 0 fully saturated rings. The Morgan fingerprint density at radius 3 is 2.74 bits per heavy atom. The van der Waals surface area contributed by atoms with Gasteiger partial charge in [0.25, 0.3) is 11.8 Å². The van der Waals surface area contributed by atoms with Crippen LogP contribution < -0.4 is 10.6 Å². The fourth-order valence-electron chi connectivity index (χ4n) is 3.34. The second-order valence-corrected chi connectivity index (χ2v) is 7.39. The van der Waals surface area contributed by atoms with Crippen LogP contribution in [0.3, 0.4) is 0 Å². The average molecular weight is 368 g/mol. The molecule has 0 bridgehead atoms. The van der Waals surface area contributed by atoms with Crippen molar-refractivity contribution < 1.29 is 9.59 Å². The highest BCUT2D eigenvalue weighted by atomic mass is 16.2. The molecule has 2 aromatic rings. The van der Waals surface area contributed by atoms with Gasteiger partial charge >= 0.3 is 0 Å². The lowest BCUT2D eigenvalue weighted by molar-refractivity contribution is 0.0933. The van der Waals surface area contributed by atoms with E-state index in [9.17, 15) is 9.59 Å². The highest BCUT2D eigenvalue weighted by molar-refractivity contribution is 6.04. The molecule has 1 aliphatic rings. The fourth-order valence-corrected chi connectivity index (χ4v) is 3.34.